The number of nitrogens with zero attached hydrogens (tertiary/aromatic N) is 5. The molecule has 1 aromatic carbocycles. The molecule has 8 heteroatoms. The van der Waals surface area contributed by atoms with Crippen molar-refractivity contribution in [2.45, 2.75) is 31.7 Å². The second kappa shape index (κ2) is 8.76. The fourth-order valence-corrected chi connectivity index (χ4v) is 4.18. The first-order valence-electron chi connectivity index (χ1n) is 11.4. The summed E-state index contributed by atoms with van der Waals surface area (Å²) in [5.41, 5.74) is 1.80. The molecule has 1 aromatic heterocycles. The molecule has 0 N–H and O–H groups in total. The summed E-state index contributed by atoms with van der Waals surface area (Å²) in [6, 6.07) is 12.0. The number of hydrogen-bond acceptors (Lipinski definition) is 6. The van der Waals surface area contributed by atoms with Gasteiger partial charge in [-0.1, -0.05) is 0 Å². The third-order valence-corrected chi connectivity index (χ3v) is 6.50. The van der Waals surface area contributed by atoms with Gasteiger partial charge < -0.3 is 19.4 Å². The van der Waals surface area contributed by atoms with E-state index in [1.807, 2.05) is 46.2 Å². The van der Waals surface area contributed by atoms with E-state index in [9.17, 15) is 9.59 Å². The van der Waals surface area contributed by atoms with Gasteiger partial charge in [0.2, 0.25) is 11.8 Å². The monoisotopic (exact) mass is 435 g/mol. The van der Waals surface area contributed by atoms with Crippen molar-refractivity contribution in [1.29, 1.82) is 0 Å². The molecule has 8 nitrogen and oxygen atoms in total. The zero-order chi connectivity index (χ0) is 22.1. The summed E-state index contributed by atoms with van der Waals surface area (Å²) >= 11 is 0. The molecule has 2 amide bonds. The van der Waals surface area contributed by atoms with E-state index in [2.05, 4.69) is 15.1 Å². The highest BCUT2D eigenvalue weighted by Gasteiger charge is 2.41. The minimum atomic E-state index is 0.0616. The van der Waals surface area contributed by atoms with E-state index in [0.29, 0.717) is 26.2 Å². The van der Waals surface area contributed by atoms with Gasteiger partial charge in [-0.05, 0) is 62.1 Å². The highest BCUT2D eigenvalue weighted by molar-refractivity contribution is 5.87. The molecule has 0 unspecified atom stereocenters. The number of anilines is 1. The van der Waals surface area contributed by atoms with Crippen molar-refractivity contribution in [3.8, 4) is 17.0 Å². The van der Waals surface area contributed by atoms with Crippen LogP contribution in [0.15, 0.2) is 36.4 Å². The first kappa shape index (κ1) is 20.7. The van der Waals surface area contributed by atoms with Crippen LogP contribution in [0, 0.1) is 5.92 Å². The van der Waals surface area contributed by atoms with Crippen molar-refractivity contribution >= 4 is 17.6 Å². The predicted molar refractivity (Wildman–Crippen MR) is 120 cm³/mol. The molecule has 5 rings (SSSR count). The molecule has 1 saturated heterocycles. The fraction of sp³-hybridized carbons (Fsp3) is 0.500. The minimum absolute atomic E-state index is 0.0616. The molecule has 1 aliphatic heterocycles. The van der Waals surface area contributed by atoms with E-state index in [0.717, 1.165) is 48.5 Å². The van der Waals surface area contributed by atoms with Gasteiger partial charge in [-0.15, -0.1) is 10.2 Å². The van der Waals surface area contributed by atoms with Crippen LogP contribution in [0.25, 0.3) is 11.3 Å². The Hall–Kier alpha value is -3.16. The number of methoxy groups -OCH3 is 1. The molecule has 2 heterocycles. The van der Waals surface area contributed by atoms with Crippen molar-refractivity contribution in [2.24, 2.45) is 5.92 Å². The summed E-state index contributed by atoms with van der Waals surface area (Å²) in [6.45, 7) is 2.93. The summed E-state index contributed by atoms with van der Waals surface area (Å²) in [5, 5.41) is 8.79. The third-order valence-electron chi connectivity index (χ3n) is 6.50. The lowest BCUT2D eigenvalue weighted by Crippen LogP contribution is -2.52. The van der Waals surface area contributed by atoms with Gasteiger partial charge in [0.15, 0.2) is 5.82 Å². The molecule has 2 aromatic rings. The van der Waals surface area contributed by atoms with Crippen LogP contribution in [0.2, 0.25) is 0 Å². The van der Waals surface area contributed by atoms with E-state index in [-0.39, 0.29) is 30.3 Å². The van der Waals surface area contributed by atoms with Crippen LogP contribution < -0.4 is 9.64 Å². The molecular formula is C24H29N5O3. The number of benzene rings is 1. The van der Waals surface area contributed by atoms with E-state index < -0.39 is 0 Å². The van der Waals surface area contributed by atoms with Crippen LogP contribution in [-0.4, -0.2) is 77.7 Å². The van der Waals surface area contributed by atoms with Gasteiger partial charge in [0.05, 0.1) is 12.8 Å². The number of hydrogen-bond donors (Lipinski definition) is 0. The SMILES string of the molecule is COc1ccc(-c2ccc(N3CCN(C(=O)CN(C(=O)C4CC4)C4CC4)CC3)nn2)cc1. The van der Waals surface area contributed by atoms with Gasteiger partial charge >= 0.3 is 0 Å². The van der Waals surface area contributed by atoms with E-state index >= 15 is 0 Å². The Morgan fingerprint density at radius 3 is 2.25 bits per heavy atom. The van der Waals surface area contributed by atoms with Crippen molar-refractivity contribution in [3.63, 3.8) is 0 Å². The minimum Gasteiger partial charge on any atom is -0.497 e. The molecule has 2 saturated carbocycles. The molecule has 0 radical (unpaired) electrons. The van der Waals surface area contributed by atoms with E-state index in [4.69, 9.17) is 4.74 Å². The summed E-state index contributed by atoms with van der Waals surface area (Å²) in [4.78, 5) is 31.3. The molecule has 3 aliphatic rings. The van der Waals surface area contributed by atoms with Crippen LogP contribution in [0.5, 0.6) is 5.75 Å². The van der Waals surface area contributed by atoms with Gasteiger partial charge in [0.1, 0.15) is 12.3 Å². The van der Waals surface area contributed by atoms with Crippen LogP contribution in [-0.2, 0) is 9.59 Å². The van der Waals surface area contributed by atoms with Crippen molar-refractivity contribution in [3.05, 3.63) is 36.4 Å². The third kappa shape index (κ3) is 4.54. The molecule has 0 atom stereocenters. The Morgan fingerprint density at radius 1 is 0.969 bits per heavy atom. The lowest BCUT2D eigenvalue weighted by molar-refractivity contribution is -0.142. The van der Waals surface area contributed by atoms with Crippen molar-refractivity contribution in [1.82, 2.24) is 20.0 Å². The largest absolute Gasteiger partial charge is 0.497 e. The standard InChI is InChI=1S/C24H29N5O3/c1-32-20-8-4-17(5-9-20)21-10-11-22(26-25-21)27-12-14-28(15-13-27)23(30)16-29(19-6-7-19)24(31)18-2-3-18/h4-5,8-11,18-19H,2-3,6-7,12-16H2,1H3. The molecular weight excluding hydrogens is 406 g/mol. The van der Waals surface area contributed by atoms with Crippen LogP contribution in [0.3, 0.4) is 0 Å². The van der Waals surface area contributed by atoms with E-state index in [1.165, 1.54) is 0 Å². The fourth-order valence-electron chi connectivity index (χ4n) is 4.18. The Balaban J connectivity index is 1.15. The zero-order valence-electron chi connectivity index (χ0n) is 18.4. The quantitative estimate of drug-likeness (QED) is 0.664. The average molecular weight is 436 g/mol. The maximum absolute atomic E-state index is 12.9. The molecule has 2 aliphatic carbocycles. The first-order valence-corrected chi connectivity index (χ1v) is 11.4. The van der Waals surface area contributed by atoms with E-state index in [1.54, 1.807) is 7.11 Å². The second-order valence-electron chi connectivity index (χ2n) is 8.84. The van der Waals surface area contributed by atoms with Crippen LogP contribution in [0.1, 0.15) is 25.7 Å². The van der Waals surface area contributed by atoms with Crippen molar-refractivity contribution < 1.29 is 14.3 Å². The Morgan fingerprint density at radius 2 is 1.69 bits per heavy atom. The zero-order valence-corrected chi connectivity index (χ0v) is 18.4. The number of piperazine rings is 1. The molecule has 32 heavy (non-hydrogen) atoms. The first-order chi connectivity index (χ1) is 15.6. The Kier molecular flexibility index (Phi) is 5.68. The van der Waals surface area contributed by atoms with Gasteiger partial charge in [-0.2, -0.15) is 0 Å². The van der Waals surface area contributed by atoms with Crippen LogP contribution in [0.4, 0.5) is 5.82 Å². The summed E-state index contributed by atoms with van der Waals surface area (Å²) in [6.07, 6.45) is 4.02. The normalized spacial score (nSPS) is 18.4. The number of carbonyl (C=O) groups excluding carboxylic acids is 2. The van der Waals surface area contributed by atoms with Gasteiger partial charge in [-0.25, -0.2) is 0 Å². The molecule has 168 valence electrons. The Labute approximate surface area is 188 Å². The van der Waals surface area contributed by atoms with Gasteiger partial charge in [0, 0.05) is 43.7 Å². The molecule has 0 spiro atoms. The highest BCUT2D eigenvalue weighted by atomic mass is 16.5. The topological polar surface area (TPSA) is 78.9 Å². The molecule has 3 fully saturated rings. The predicted octanol–water partition coefficient (Wildman–Crippen LogP) is 2.20. The van der Waals surface area contributed by atoms with Crippen LogP contribution >= 0.6 is 0 Å². The number of ether oxygens (including phenoxy) is 1. The smallest absolute Gasteiger partial charge is 0.242 e. The number of rotatable bonds is 7. The number of amides is 2. The summed E-state index contributed by atoms with van der Waals surface area (Å²) in [7, 11) is 1.65. The highest BCUT2D eigenvalue weighted by Crippen LogP contribution is 2.36. The average Bonchev–Trinajstić information content (AvgIpc) is 3.76. The van der Waals surface area contributed by atoms with Crippen molar-refractivity contribution in [2.75, 3.05) is 44.7 Å². The maximum atomic E-state index is 12.9. The molecule has 0 bridgehead atoms. The maximum Gasteiger partial charge on any atom is 0.242 e. The number of carbonyl (C=O) groups is 2. The second-order valence-corrected chi connectivity index (χ2v) is 8.84. The van der Waals surface area contributed by atoms with Gasteiger partial charge in [-0.3, -0.25) is 9.59 Å². The number of aromatic nitrogens is 2. The Bertz CT molecular complexity index is 962. The lowest BCUT2D eigenvalue weighted by Gasteiger charge is -2.36. The summed E-state index contributed by atoms with van der Waals surface area (Å²) < 4.78 is 5.20. The summed E-state index contributed by atoms with van der Waals surface area (Å²) in [5.74, 6) is 2.04. The lowest BCUT2D eigenvalue weighted by atomic mass is 10.1. The van der Waals surface area contributed by atoms with Gasteiger partial charge in [0.25, 0.3) is 0 Å².